The molecule has 0 bridgehead atoms. The summed E-state index contributed by atoms with van der Waals surface area (Å²) in [4.78, 5) is 11.9. The largest absolute Gasteiger partial charge is 0.294 e. The van der Waals surface area contributed by atoms with E-state index in [1.165, 1.54) is 30.3 Å². The van der Waals surface area contributed by atoms with Gasteiger partial charge in [0.1, 0.15) is 11.6 Å². The van der Waals surface area contributed by atoms with Gasteiger partial charge in [0.2, 0.25) is 0 Å². The predicted molar refractivity (Wildman–Crippen MR) is 68.5 cm³/mol. The molecule has 2 aromatic rings. The van der Waals surface area contributed by atoms with Gasteiger partial charge in [0.25, 0.3) is 0 Å². The molecule has 0 saturated carbocycles. The predicted octanol–water partition coefficient (Wildman–Crippen LogP) is 4.15. The van der Waals surface area contributed by atoms with Crippen LogP contribution in [0.5, 0.6) is 0 Å². The molecule has 0 amide bonds. The number of benzene rings is 2. The van der Waals surface area contributed by atoms with Gasteiger partial charge in [0.15, 0.2) is 5.78 Å². The first-order valence-electron chi connectivity index (χ1n) is 5.29. The summed E-state index contributed by atoms with van der Waals surface area (Å²) in [5.74, 6) is -1.02. The van der Waals surface area contributed by atoms with Gasteiger partial charge >= 0.3 is 0 Å². The Morgan fingerprint density at radius 1 is 1.11 bits per heavy atom. The molecule has 0 radical (unpaired) electrons. The lowest BCUT2D eigenvalue weighted by Crippen LogP contribution is -2.04. The van der Waals surface area contributed by atoms with Crippen molar-refractivity contribution in [1.29, 1.82) is 0 Å². The van der Waals surface area contributed by atoms with E-state index in [-0.39, 0.29) is 18.0 Å². The first-order valence-corrected chi connectivity index (χ1v) is 6.08. The van der Waals surface area contributed by atoms with E-state index >= 15 is 0 Å². The number of halogens is 3. The topological polar surface area (TPSA) is 17.1 Å². The molecule has 92 valence electrons. The molecule has 0 saturated heterocycles. The summed E-state index contributed by atoms with van der Waals surface area (Å²) in [7, 11) is 0. The fourth-order valence-electron chi connectivity index (χ4n) is 1.60. The van der Waals surface area contributed by atoms with Crippen LogP contribution in [-0.4, -0.2) is 5.78 Å². The number of ketones is 1. The first kappa shape index (κ1) is 12.9. The second-order valence-electron chi connectivity index (χ2n) is 3.86. The van der Waals surface area contributed by atoms with E-state index < -0.39 is 5.82 Å². The van der Waals surface area contributed by atoms with Gasteiger partial charge in [-0.25, -0.2) is 8.78 Å². The van der Waals surface area contributed by atoms with Crippen LogP contribution in [0.4, 0.5) is 8.78 Å². The number of hydrogen-bond donors (Lipinski definition) is 0. The maximum Gasteiger partial charge on any atom is 0.167 e. The average Bonchev–Trinajstić information content (AvgIpc) is 2.34. The van der Waals surface area contributed by atoms with Crippen LogP contribution in [-0.2, 0) is 6.42 Å². The van der Waals surface area contributed by atoms with Gasteiger partial charge in [-0.2, -0.15) is 0 Å². The van der Waals surface area contributed by atoms with Crippen LogP contribution in [0.1, 0.15) is 15.9 Å². The number of rotatable bonds is 3. The van der Waals surface area contributed by atoms with Crippen LogP contribution in [0, 0.1) is 11.6 Å². The highest BCUT2D eigenvalue weighted by Crippen LogP contribution is 2.18. The number of carbonyl (C=O) groups is 1. The van der Waals surface area contributed by atoms with E-state index in [9.17, 15) is 13.6 Å². The Bertz CT molecular complexity index is 596. The molecular weight excluding hydrogens is 302 g/mol. The normalized spacial score (nSPS) is 10.4. The highest BCUT2D eigenvalue weighted by atomic mass is 79.9. The molecule has 0 fully saturated rings. The summed E-state index contributed by atoms with van der Waals surface area (Å²) >= 11 is 3.06. The Hall–Kier alpha value is -1.55. The van der Waals surface area contributed by atoms with Crippen molar-refractivity contribution in [2.45, 2.75) is 6.42 Å². The zero-order valence-electron chi connectivity index (χ0n) is 9.29. The van der Waals surface area contributed by atoms with Crippen LogP contribution in [0.25, 0.3) is 0 Å². The van der Waals surface area contributed by atoms with E-state index in [2.05, 4.69) is 15.9 Å². The number of carbonyl (C=O) groups excluding carboxylic acids is 1. The molecule has 0 spiro atoms. The Kier molecular flexibility index (Phi) is 3.87. The molecule has 0 aliphatic carbocycles. The summed E-state index contributed by atoms with van der Waals surface area (Å²) in [6.07, 6.45) is 0.113. The van der Waals surface area contributed by atoms with Crippen LogP contribution in [0.2, 0.25) is 0 Å². The van der Waals surface area contributed by atoms with Gasteiger partial charge in [0.05, 0.1) is 4.47 Å². The van der Waals surface area contributed by atoms with Crippen molar-refractivity contribution in [1.82, 2.24) is 0 Å². The molecular formula is C14H9BrF2O. The van der Waals surface area contributed by atoms with Gasteiger partial charge in [-0.1, -0.05) is 18.2 Å². The molecule has 0 heterocycles. The van der Waals surface area contributed by atoms with Crippen molar-refractivity contribution >= 4 is 21.7 Å². The Morgan fingerprint density at radius 2 is 1.89 bits per heavy atom. The van der Waals surface area contributed by atoms with Crippen LogP contribution >= 0.6 is 15.9 Å². The van der Waals surface area contributed by atoms with Crippen LogP contribution in [0.3, 0.4) is 0 Å². The zero-order valence-corrected chi connectivity index (χ0v) is 10.9. The lowest BCUT2D eigenvalue weighted by molar-refractivity contribution is 0.0992. The van der Waals surface area contributed by atoms with Crippen molar-refractivity contribution in [2.75, 3.05) is 0 Å². The minimum atomic E-state index is -0.443. The molecule has 18 heavy (non-hydrogen) atoms. The third kappa shape index (κ3) is 3.01. The molecule has 0 N–H and O–H groups in total. The molecule has 2 aromatic carbocycles. The molecule has 0 aromatic heterocycles. The van der Waals surface area contributed by atoms with Crippen molar-refractivity contribution in [3.63, 3.8) is 0 Å². The molecule has 4 heteroatoms. The second-order valence-corrected chi connectivity index (χ2v) is 4.71. The monoisotopic (exact) mass is 310 g/mol. The van der Waals surface area contributed by atoms with Crippen molar-refractivity contribution in [2.24, 2.45) is 0 Å². The van der Waals surface area contributed by atoms with Crippen molar-refractivity contribution < 1.29 is 13.6 Å². The Labute approximate surface area is 112 Å². The smallest absolute Gasteiger partial charge is 0.167 e. The molecule has 0 aliphatic heterocycles. The molecule has 0 unspecified atom stereocenters. The Morgan fingerprint density at radius 3 is 2.56 bits per heavy atom. The van der Waals surface area contributed by atoms with Gasteiger partial charge < -0.3 is 0 Å². The van der Waals surface area contributed by atoms with Crippen molar-refractivity contribution in [3.8, 4) is 0 Å². The molecule has 1 nitrogen and oxygen atoms in total. The Balaban J connectivity index is 2.18. The lowest BCUT2D eigenvalue weighted by atomic mass is 10.0. The summed E-state index contributed by atoms with van der Waals surface area (Å²) in [5.41, 5.74) is 0.994. The third-order valence-corrected chi connectivity index (χ3v) is 3.10. The van der Waals surface area contributed by atoms with E-state index in [1.807, 2.05) is 0 Å². The van der Waals surface area contributed by atoms with E-state index in [0.29, 0.717) is 15.6 Å². The first-order chi connectivity index (χ1) is 8.56. The minimum absolute atomic E-state index is 0.113. The van der Waals surface area contributed by atoms with Gasteiger partial charge in [-0.05, 0) is 45.8 Å². The van der Waals surface area contributed by atoms with E-state index in [1.54, 1.807) is 12.1 Å². The minimum Gasteiger partial charge on any atom is -0.294 e. The highest BCUT2D eigenvalue weighted by Gasteiger charge is 2.09. The summed E-state index contributed by atoms with van der Waals surface area (Å²) < 4.78 is 26.3. The zero-order chi connectivity index (χ0) is 13.1. The summed E-state index contributed by atoms with van der Waals surface area (Å²) in [6.45, 7) is 0. The summed E-state index contributed by atoms with van der Waals surface area (Å²) in [6, 6.07) is 9.90. The quantitative estimate of drug-likeness (QED) is 0.778. The second kappa shape index (κ2) is 5.40. The van der Waals surface area contributed by atoms with Crippen molar-refractivity contribution in [3.05, 3.63) is 69.7 Å². The number of hydrogen-bond acceptors (Lipinski definition) is 1. The molecule has 0 atom stereocenters. The average molecular weight is 311 g/mol. The van der Waals surface area contributed by atoms with Gasteiger partial charge in [-0.3, -0.25) is 4.79 Å². The van der Waals surface area contributed by atoms with E-state index in [0.717, 1.165) is 0 Å². The maximum absolute atomic E-state index is 13.0. The SMILES string of the molecule is O=C(Cc1ccc(F)c(Br)c1)c1cccc(F)c1. The number of Topliss-reactive ketones (excluding diaryl/α,β-unsaturated/α-hetero) is 1. The fraction of sp³-hybridized carbons (Fsp3) is 0.0714. The molecule has 0 aliphatic rings. The van der Waals surface area contributed by atoms with Crippen LogP contribution < -0.4 is 0 Å². The van der Waals surface area contributed by atoms with Crippen LogP contribution in [0.15, 0.2) is 46.9 Å². The summed E-state index contributed by atoms with van der Waals surface area (Å²) in [5, 5.41) is 0. The van der Waals surface area contributed by atoms with Gasteiger partial charge in [0, 0.05) is 12.0 Å². The highest BCUT2D eigenvalue weighted by molar-refractivity contribution is 9.10. The third-order valence-electron chi connectivity index (χ3n) is 2.50. The maximum atomic E-state index is 13.0. The van der Waals surface area contributed by atoms with E-state index in [4.69, 9.17) is 0 Å². The standard InChI is InChI=1S/C14H9BrF2O/c15-12-6-9(4-5-13(12)17)7-14(18)10-2-1-3-11(16)8-10/h1-6,8H,7H2. The van der Waals surface area contributed by atoms with Gasteiger partial charge in [-0.15, -0.1) is 0 Å². The fourth-order valence-corrected chi connectivity index (χ4v) is 2.03. The lowest BCUT2D eigenvalue weighted by Gasteiger charge is -2.03. The molecule has 2 rings (SSSR count).